The second kappa shape index (κ2) is 6.11. The standard InChI is InChI=1S/C13H19N3OS/c1-2-17-10-5-8-16(9-6-10)13-11(12(14)18)4-3-7-15-13/h3-4,7,10H,2,5-6,8-9H2,1H3,(H2,14,18). The van der Waals surface area contributed by atoms with E-state index in [0.29, 0.717) is 11.1 Å². The van der Waals surface area contributed by atoms with E-state index in [2.05, 4.69) is 9.88 Å². The number of pyridine rings is 1. The van der Waals surface area contributed by atoms with Crippen molar-refractivity contribution in [2.45, 2.75) is 25.9 Å². The van der Waals surface area contributed by atoms with Crippen LogP contribution in [0.2, 0.25) is 0 Å². The molecule has 0 unspecified atom stereocenters. The van der Waals surface area contributed by atoms with Crippen LogP contribution in [0.25, 0.3) is 0 Å². The van der Waals surface area contributed by atoms with Crippen LogP contribution in [0.5, 0.6) is 0 Å². The Kier molecular flexibility index (Phi) is 4.49. The largest absolute Gasteiger partial charge is 0.389 e. The first-order valence-corrected chi connectivity index (χ1v) is 6.74. The summed E-state index contributed by atoms with van der Waals surface area (Å²) >= 11 is 5.07. The Morgan fingerprint density at radius 2 is 2.28 bits per heavy atom. The van der Waals surface area contributed by atoms with Gasteiger partial charge in [0.25, 0.3) is 0 Å². The van der Waals surface area contributed by atoms with Crippen LogP contribution in [0.4, 0.5) is 5.82 Å². The van der Waals surface area contributed by atoms with Gasteiger partial charge in [0.1, 0.15) is 10.8 Å². The first-order valence-electron chi connectivity index (χ1n) is 6.33. The van der Waals surface area contributed by atoms with Gasteiger partial charge in [0.15, 0.2) is 0 Å². The van der Waals surface area contributed by atoms with Gasteiger partial charge in [-0.15, -0.1) is 0 Å². The number of anilines is 1. The van der Waals surface area contributed by atoms with E-state index in [1.165, 1.54) is 0 Å². The maximum Gasteiger partial charge on any atom is 0.138 e. The number of hydrogen-bond donors (Lipinski definition) is 1. The third-order valence-corrected chi connectivity index (χ3v) is 3.42. The van der Waals surface area contributed by atoms with E-state index in [1.54, 1.807) is 6.20 Å². The Hall–Kier alpha value is -1.20. The average molecular weight is 265 g/mol. The van der Waals surface area contributed by atoms with Crippen LogP contribution in [0, 0.1) is 0 Å². The highest BCUT2D eigenvalue weighted by molar-refractivity contribution is 7.80. The van der Waals surface area contributed by atoms with Gasteiger partial charge in [-0.3, -0.25) is 0 Å². The molecular formula is C13H19N3OS. The number of rotatable bonds is 4. The zero-order chi connectivity index (χ0) is 13.0. The summed E-state index contributed by atoms with van der Waals surface area (Å²) in [5, 5.41) is 0. The molecule has 2 N–H and O–H groups in total. The zero-order valence-corrected chi connectivity index (χ0v) is 11.4. The van der Waals surface area contributed by atoms with Crippen molar-refractivity contribution >= 4 is 23.0 Å². The molecule has 0 aromatic carbocycles. The Morgan fingerprint density at radius 1 is 1.56 bits per heavy atom. The lowest BCUT2D eigenvalue weighted by Gasteiger charge is -2.33. The van der Waals surface area contributed by atoms with Gasteiger partial charge in [-0.1, -0.05) is 12.2 Å². The molecule has 0 spiro atoms. The third kappa shape index (κ3) is 2.97. The summed E-state index contributed by atoms with van der Waals surface area (Å²) in [6.45, 7) is 4.71. The molecule has 1 aliphatic rings. The molecule has 0 aliphatic carbocycles. The Balaban J connectivity index is 2.07. The number of hydrogen-bond acceptors (Lipinski definition) is 4. The van der Waals surface area contributed by atoms with Gasteiger partial charge in [0.2, 0.25) is 0 Å². The lowest BCUT2D eigenvalue weighted by atomic mass is 10.1. The van der Waals surface area contributed by atoms with E-state index in [9.17, 15) is 0 Å². The molecule has 0 radical (unpaired) electrons. The van der Waals surface area contributed by atoms with E-state index >= 15 is 0 Å². The van der Waals surface area contributed by atoms with Crippen molar-refractivity contribution in [2.75, 3.05) is 24.6 Å². The fourth-order valence-corrected chi connectivity index (χ4v) is 2.47. The number of ether oxygens (including phenoxy) is 1. The minimum Gasteiger partial charge on any atom is -0.389 e. The highest BCUT2D eigenvalue weighted by Crippen LogP contribution is 2.22. The van der Waals surface area contributed by atoms with Gasteiger partial charge in [-0.25, -0.2) is 4.98 Å². The summed E-state index contributed by atoms with van der Waals surface area (Å²) in [5.74, 6) is 0.903. The Morgan fingerprint density at radius 3 is 2.89 bits per heavy atom. The highest BCUT2D eigenvalue weighted by atomic mass is 32.1. The first kappa shape index (κ1) is 13.2. The monoisotopic (exact) mass is 265 g/mol. The maximum absolute atomic E-state index is 5.74. The van der Waals surface area contributed by atoms with Crippen LogP contribution < -0.4 is 10.6 Å². The van der Waals surface area contributed by atoms with Crippen molar-refractivity contribution in [1.29, 1.82) is 0 Å². The molecule has 1 saturated heterocycles. The predicted octanol–water partition coefficient (Wildman–Crippen LogP) is 1.72. The second-order valence-corrected chi connectivity index (χ2v) is 4.82. The fourth-order valence-electron chi connectivity index (χ4n) is 2.31. The number of thiocarbonyl (C=S) groups is 1. The van der Waals surface area contributed by atoms with Gasteiger partial charge >= 0.3 is 0 Å². The van der Waals surface area contributed by atoms with Crippen molar-refractivity contribution in [2.24, 2.45) is 5.73 Å². The molecule has 0 saturated carbocycles. The maximum atomic E-state index is 5.74. The van der Waals surface area contributed by atoms with Gasteiger partial charge in [-0.2, -0.15) is 0 Å². The number of nitrogens with zero attached hydrogens (tertiary/aromatic N) is 2. The highest BCUT2D eigenvalue weighted by Gasteiger charge is 2.22. The van der Waals surface area contributed by atoms with Crippen molar-refractivity contribution in [1.82, 2.24) is 4.98 Å². The van der Waals surface area contributed by atoms with Crippen molar-refractivity contribution in [3.05, 3.63) is 23.9 Å². The van der Waals surface area contributed by atoms with Crippen molar-refractivity contribution in [3.8, 4) is 0 Å². The molecule has 1 aromatic heterocycles. The van der Waals surface area contributed by atoms with Crippen LogP contribution in [0.15, 0.2) is 18.3 Å². The third-order valence-electron chi connectivity index (χ3n) is 3.20. The minimum atomic E-state index is 0.378. The van der Waals surface area contributed by atoms with Gasteiger partial charge in [0.05, 0.1) is 11.7 Å². The fraction of sp³-hybridized carbons (Fsp3) is 0.538. The summed E-state index contributed by atoms with van der Waals surface area (Å²) in [6, 6.07) is 3.80. The lowest BCUT2D eigenvalue weighted by Crippen LogP contribution is -2.38. The molecule has 0 bridgehead atoms. The molecule has 4 nitrogen and oxygen atoms in total. The van der Waals surface area contributed by atoms with Gasteiger partial charge in [0, 0.05) is 25.9 Å². The van der Waals surface area contributed by atoms with Crippen LogP contribution >= 0.6 is 12.2 Å². The number of nitrogens with two attached hydrogens (primary N) is 1. The number of aromatic nitrogens is 1. The van der Waals surface area contributed by atoms with Crippen LogP contribution in [0.3, 0.4) is 0 Å². The molecule has 18 heavy (non-hydrogen) atoms. The lowest BCUT2D eigenvalue weighted by molar-refractivity contribution is 0.0458. The van der Waals surface area contributed by atoms with E-state index < -0.39 is 0 Å². The second-order valence-electron chi connectivity index (χ2n) is 4.38. The van der Waals surface area contributed by atoms with Crippen LogP contribution in [0.1, 0.15) is 25.3 Å². The predicted molar refractivity (Wildman–Crippen MR) is 77.0 cm³/mol. The summed E-state index contributed by atoms with van der Waals surface area (Å²) in [5.41, 5.74) is 6.60. The summed E-state index contributed by atoms with van der Waals surface area (Å²) in [6.07, 6.45) is 4.22. The molecule has 2 rings (SSSR count). The van der Waals surface area contributed by atoms with E-state index in [1.807, 2.05) is 19.1 Å². The van der Waals surface area contributed by atoms with E-state index in [0.717, 1.165) is 43.9 Å². The SMILES string of the molecule is CCOC1CCN(c2ncccc2C(N)=S)CC1. The molecule has 0 atom stereocenters. The molecule has 1 aliphatic heterocycles. The van der Waals surface area contributed by atoms with Gasteiger partial charge in [-0.05, 0) is 31.9 Å². The molecule has 1 aromatic rings. The summed E-state index contributed by atoms with van der Waals surface area (Å²) < 4.78 is 5.65. The molecule has 2 heterocycles. The Bertz CT molecular complexity index is 416. The van der Waals surface area contributed by atoms with Crippen molar-refractivity contribution in [3.63, 3.8) is 0 Å². The number of piperidine rings is 1. The first-order chi connectivity index (χ1) is 8.72. The zero-order valence-electron chi connectivity index (χ0n) is 10.6. The minimum absolute atomic E-state index is 0.378. The smallest absolute Gasteiger partial charge is 0.138 e. The van der Waals surface area contributed by atoms with Crippen LogP contribution in [-0.4, -0.2) is 35.8 Å². The topological polar surface area (TPSA) is 51.4 Å². The quantitative estimate of drug-likeness (QED) is 0.840. The van der Waals surface area contributed by atoms with Crippen LogP contribution in [-0.2, 0) is 4.74 Å². The summed E-state index contributed by atoms with van der Waals surface area (Å²) in [7, 11) is 0. The normalized spacial score (nSPS) is 16.8. The Labute approximate surface area is 113 Å². The molecular weight excluding hydrogens is 246 g/mol. The van der Waals surface area contributed by atoms with E-state index in [4.69, 9.17) is 22.7 Å². The van der Waals surface area contributed by atoms with Gasteiger partial charge < -0.3 is 15.4 Å². The van der Waals surface area contributed by atoms with E-state index in [-0.39, 0.29) is 0 Å². The van der Waals surface area contributed by atoms with Crippen molar-refractivity contribution < 1.29 is 4.74 Å². The summed E-state index contributed by atoms with van der Waals surface area (Å²) in [4.78, 5) is 7.06. The molecule has 0 amide bonds. The average Bonchev–Trinajstić information content (AvgIpc) is 2.40. The molecule has 98 valence electrons. The molecule has 5 heteroatoms. The molecule has 1 fully saturated rings.